The molecule has 0 aliphatic carbocycles. The van der Waals surface area contributed by atoms with Crippen LogP contribution in [0.3, 0.4) is 0 Å². The topological polar surface area (TPSA) is 95.1 Å². The highest BCUT2D eigenvalue weighted by Crippen LogP contribution is 2.08. The molecule has 1 amide bonds. The second-order valence-electron chi connectivity index (χ2n) is 3.29. The number of aromatic carboxylic acids is 1. The van der Waals surface area contributed by atoms with Gasteiger partial charge in [0.1, 0.15) is 5.69 Å². The summed E-state index contributed by atoms with van der Waals surface area (Å²) >= 11 is 0. The van der Waals surface area contributed by atoms with Gasteiger partial charge in [0.25, 0.3) is 5.91 Å². The van der Waals surface area contributed by atoms with E-state index < -0.39 is 5.97 Å². The number of H-pyrrole nitrogens is 1. The Morgan fingerprint density at radius 2 is 2.12 bits per heavy atom. The quantitative estimate of drug-likeness (QED) is 0.743. The first-order chi connectivity index (χ1) is 8.16. The van der Waals surface area contributed by atoms with Crippen LogP contribution in [0.1, 0.15) is 20.8 Å². The zero-order valence-corrected chi connectivity index (χ0v) is 8.68. The van der Waals surface area contributed by atoms with Gasteiger partial charge in [-0.25, -0.2) is 9.78 Å². The Morgan fingerprint density at radius 3 is 2.65 bits per heavy atom. The molecule has 0 aliphatic heterocycles. The maximum Gasteiger partial charge on any atom is 0.354 e. The lowest BCUT2D eigenvalue weighted by Gasteiger charge is -2.03. The number of aromatic nitrogens is 2. The predicted octanol–water partition coefficient (Wildman–Crippen LogP) is 1.36. The van der Waals surface area contributed by atoms with Crippen LogP contribution in [0.15, 0.2) is 36.8 Å². The standard InChI is InChI=1S/C11H9N3O3/c15-10(7-3-4-12-5-7)14-8-1-2-9(11(16)17)13-6-8/h1-6,12H,(H,14,15)(H,16,17). The van der Waals surface area contributed by atoms with Crippen molar-refractivity contribution >= 4 is 17.6 Å². The summed E-state index contributed by atoms with van der Waals surface area (Å²) in [5, 5.41) is 11.2. The molecule has 0 saturated heterocycles. The lowest BCUT2D eigenvalue weighted by Crippen LogP contribution is -2.11. The van der Waals surface area contributed by atoms with Crippen LogP contribution in [0.25, 0.3) is 0 Å². The van der Waals surface area contributed by atoms with Gasteiger partial charge in [-0.3, -0.25) is 4.79 Å². The van der Waals surface area contributed by atoms with E-state index in [2.05, 4.69) is 15.3 Å². The SMILES string of the molecule is O=C(Nc1ccc(C(=O)O)nc1)c1cc[nH]c1. The van der Waals surface area contributed by atoms with Crippen LogP contribution in [0.4, 0.5) is 5.69 Å². The third-order valence-corrected chi connectivity index (χ3v) is 2.10. The van der Waals surface area contributed by atoms with Crippen LogP contribution < -0.4 is 5.32 Å². The van der Waals surface area contributed by atoms with E-state index in [0.29, 0.717) is 11.3 Å². The smallest absolute Gasteiger partial charge is 0.354 e. The van der Waals surface area contributed by atoms with Crippen LogP contribution in [0.2, 0.25) is 0 Å². The predicted molar refractivity (Wildman–Crippen MR) is 59.9 cm³/mol. The molecule has 6 heteroatoms. The number of hydrogen-bond donors (Lipinski definition) is 3. The molecule has 0 unspecified atom stereocenters. The van der Waals surface area contributed by atoms with Gasteiger partial charge in [0.05, 0.1) is 17.4 Å². The summed E-state index contributed by atoms with van der Waals surface area (Å²) < 4.78 is 0. The van der Waals surface area contributed by atoms with Crippen molar-refractivity contribution < 1.29 is 14.7 Å². The number of rotatable bonds is 3. The van der Waals surface area contributed by atoms with Crippen molar-refractivity contribution in [3.8, 4) is 0 Å². The van der Waals surface area contributed by atoms with Crippen LogP contribution in [0, 0.1) is 0 Å². The minimum absolute atomic E-state index is 0.0651. The van der Waals surface area contributed by atoms with E-state index in [1.54, 1.807) is 18.5 Å². The molecular weight excluding hydrogens is 222 g/mol. The number of carboxylic acids is 1. The molecule has 2 aromatic heterocycles. The van der Waals surface area contributed by atoms with Crippen LogP contribution in [-0.2, 0) is 0 Å². The van der Waals surface area contributed by atoms with E-state index in [4.69, 9.17) is 5.11 Å². The third kappa shape index (κ3) is 2.49. The van der Waals surface area contributed by atoms with Gasteiger partial charge < -0.3 is 15.4 Å². The van der Waals surface area contributed by atoms with E-state index in [1.165, 1.54) is 18.3 Å². The summed E-state index contributed by atoms with van der Waals surface area (Å²) in [5.74, 6) is -1.38. The Hall–Kier alpha value is -2.63. The van der Waals surface area contributed by atoms with Crippen molar-refractivity contribution in [3.63, 3.8) is 0 Å². The summed E-state index contributed by atoms with van der Waals surface area (Å²) in [6, 6.07) is 4.45. The number of hydrogen-bond acceptors (Lipinski definition) is 3. The normalized spacial score (nSPS) is 9.88. The van der Waals surface area contributed by atoms with Gasteiger partial charge in [-0.15, -0.1) is 0 Å². The molecule has 0 radical (unpaired) electrons. The second-order valence-corrected chi connectivity index (χ2v) is 3.29. The van der Waals surface area contributed by atoms with Crippen molar-refractivity contribution in [1.29, 1.82) is 0 Å². The molecule has 17 heavy (non-hydrogen) atoms. The minimum atomic E-state index is -1.10. The zero-order chi connectivity index (χ0) is 12.3. The molecular formula is C11H9N3O3. The number of pyridine rings is 1. The van der Waals surface area contributed by atoms with Crippen molar-refractivity contribution in [2.24, 2.45) is 0 Å². The number of anilines is 1. The average molecular weight is 231 g/mol. The number of nitrogens with one attached hydrogen (secondary N) is 2. The van der Waals surface area contributed by atoms with E-state index in [1.807, 2.05) is 0 Å². The fourth-order valence-corrected chi connectivity index (χ4v) is 1.26. The molecule has 0 aliphatic rings. The highest BCUT2D eigenvalue weighted by molar-refractivity contribution is 6.04. The molecule has 2 rings (SSSR count). The molecule has 0 atom stereocenters. The molecule has 86 valence electrons. The monoisotopic (exact) mass is 231 g/mol. The Bertz CT molecular complexity index is 532. The summed E-state index contributed by atoms with van der Waals surface area (Å²) in [5.41, 5.74) is 0.873. The van der Waals surface area contributed by atoms with Gasteiger partial charge in [-0.1, -0.05) is 0 Å². The number of nitrogens with zero attached hydrogens (tertiary/aromatic N) is 1. The van der Waals surface area contributed by atoms with Crippen molar-refractivity contribution in [2.75, 3.05) is 5.32 Å². The van der Waals surface area contributed by atoms with Gasteiger partial charge in [0.2, 0.25) is 0 Å². The van der Waals surface area contributed by atoms with Gasteiger partial charge in [-0.05, 0) is 18.2 Å². The highest BCUT2D eigenvalue weighted by atomic mass is 16.4. The molecule has 6 nitrogen and oxygen atoms in total. The van der Waals surface area contributed by atoms with Gasteiger partial charge in [0, 0.05) is 12.4 Å². The Balaban J connectivity index is 2.09. The first-order valence-corrected chi connectivity index (χ1v) is 4.80. The van der Waals surface area contributed by atoms with Crippen molar-refractivity contribution in [1.82, 2.24) is 9.97 Å². The fourth-order valence-electron chi connectivity index (χ4n) is 1.26. The van der Waals surface area contributed by atoms with E-state index in [-0.39, 0.29) is 11.6 Å². The molecule has 0 aromatic carbocycles. The molecule has 2 heterocycles. The van der Waals surface area contributed by atoms with Gasteiger partial charge in [-0.2, -0.15) is 0 Å². The number of carbonyl (C=O) groups is 2. The molecule has 3 N–H and O–H groups in total. The summed E-state index contributed by atoms with van der Waals surface area (Å²) in [6.07, 6.45) is 4.50. The van der Waals surface area contributed by atoms with E-state index in [9.17, 15) is 9.59 Å². The molecule has 0 fully saturated rings. The largest absolute Gasteiger partial charge is 0.477 e. The molecule has 0 bridgehead atoms. The Labute approximate surface area is 96.3 Å². The first kappa shape index (κ1) is 10.9. The number of aromatic amines is 1. The number of amides is 1. The van der Waals surface area contributed by atoms with Crippen LogP contribution in [0.5, 0.6) is 0 Å². The Morgan fingerprint density at radius 1 is 1.29 bits per heavy atom. The fraction of sp³-hybridized carbons (Fsp3) is 0. The van der Waals surface area contributed by atoms with E-state index in [0.717, 1.165) is 0 Å². The number of carboxylic acid groups (broad SMARTS) is 1. The first-order valence-electron chi connectivity index (χ1n) is 4.80. The van der Waals surface area contributed by atoms with Gasteiger partial charge >= 0.3 is 5.97 Å². The lowest BCUT2D eigenvalue weighted by molar-refractivity contribution is 0.0690. The van der Waals surface area contributed by atoms with Crippen LogP contribution in [-0.4, -0.2) is 27.0 Å². The second kappa shape index (κ2) is 4.48. The zero-order valence-electron chi connectivity index (χ0n) is 8.68. The Kier molecular flexibility index (Phi) is 2.87. The molecule has 0 saturated carbocycles. The summed E-state index contributed by atoms with van der Waals surface area (Å²) in [7, 11) is 0. The van der Waals surface area contributed by atoms with Gasteiger partial charge in [0.15, 0.2) is 0 Å². The minimum Gasteiger partial charge on any atom is -0.477 e. The summed E-state index contributed by atoms with van der Waals surface area (Å²) in [4.78, 5) is 28.6. The lowest BCUT2D eigenvalue weighted by atomic mass is 10.3. The summed E-state index contributed by atoms with van der Waals surface area (Å²) in [6.45, 7) is 0. The van der Waals surface area contributed by atoms with E-state index >= 15 is 0 Å². The number of carbonyl (C=O) groups excluding carboxylic acids is 1. The third-order valence-electron chi connectivity index (χ3n) is 2.10. The van der Waals surface area contributed by atoms with Crippen LogP contribution >= 0.6 is 0 Å². The molecule has 2 aromatic rings. The molecule has 0 spiro atoms. The average Bonchev–Trinajstić information content (AvgIpc) is 2.83. The maximum atomic E-state index is 11.6. The van der Waals surface area contributed by atoms with Crippen molar-refractivity contribution in [2.45, 2.75) is 0 Å². The maximum absolute atomic E-state index is 11.6. The highest BCUT2D eigenvalue weighted by Gasteiger charge is 2.07. The van der Waals surface area contributed by atoms with Crippen molar-refractivity contribution in [3.05, 3.63) is 48.0 Å².